The molecule has 1 atom stereocenters. The highest BCUT2D eigenvalue weighted by Crippen LogP contribution is 2.35. The smallest absolute Gasteiger partial charge is 0.231 e. The van der Waals surface area contributed by atoms with Crippen LogP contribution in [0.25, 0.3) is 0 Å². The molecule has 1 aliphatic rings. The molecule has 1 unspecified atom stereocenters. The van der Waals surface area contributed by atoms with E-state index in [2.05, 4.69) is 57.0 Å². The Morgan fingerprint density at radius 3 is 2.64 bits per heavy atom. The predicted molar refractivity (Wildman–Crippen MR) is 119 cm³/mol. The van der Waals surface area contributed by atoms with E-state index in [1.54, 1.807) is 11.8 Å². The second kappa shape index (κ2) is 9.37. The number of thioether (sulfide) groups is 1. The van der Waals surface area contributed by atoms with E-state index in [0.717, 1.165) is 41.9 Å². The summed E-state index contributed by atoms with van der Waals surface area (Å²) in [4.78, 5) is 7.26. The van der Waals surface area contributed by atoms with Gasteiger partial charge in [0.25, 0.3) is 0 Å². The molecule has 0 fully saturated rings. The highest BCUT2D eigenvalue weighted by Gasteiger charge is 2.18. The summed E-state index contributed by atoms with van der Waals surface area (Å²) >= 11 is 1.68. The fourth-order valence-electron chi connectivity index (χ4n) is 3.60. The van der Waals surface area contributed by atoms with Gasteiger partial charge in [0.2, 0.25) is 6.79 Å². The Hall–Kier alpha value is -2.14. The molecular weight excluding hydrogens is 368 g/mol. The zero-order valence-corrected chi connectivity index (χ0v) is 18.3. The molecule has 4 nitrogen and oxygen atoms in total. The Morgan fingerprint density at radius 1 is 1.14 bits per heavy atom. The first-order valence-electron chi connectivity index (χ1n) is 9.92. The van der Waals surface area contributed by atoms with Crippen molar-refractivity contribution in [3.8, 4) is 11.5 Å². The number of hydrogen-bond acceptors (Lipinski definition) is 4. The van der Waals surface area contributed by atoms with Crippen molar-refractivity contribution in [2.75, 3.05) is 26.1 Å². The molecule has 3 rings (SSSR count). The molecule has 0 bridgehead atoms. The Morgan fingerprint density at radius 2 is 1.93 bits per heavy atom. The predicted octanol–water partition coefficient (Wildman–Crippen LogP) is 5.76. The van der Waals surface area contributed by atoms with Crippen molar-refractivity contribution < 1.29 is 9.47 Å². The molecular formula is C23H30N2O2S. The van der Waals surface area contributed by atoms with Gasteiger partial charge >= 0.3 is 0 Å². The summed E-state index contributed by atoms with van der Waals surface area (Å²) in [5, 5.41) is 1.03. The summed E-state index contributed by atoms with van der Waals surface area (Å²) in [5.74, 6) is 1.99. The molecule has 2 aromatic carbocycles. The lowest BCUT2D eigenvalue weighted by Gasteiger charge is -2.28. The maximum Gasteiger partial charge on any atom is 0.231 e. The minimum atomic E-state index is 0.285. The van der Waals surface area contributed by atoms with Crippen molar-refractivity contribution in [2.45, 2.75) is 40.0 Å². The van der Waals surface area contributed by atoms with Crippen LogP contribution in [0.2, 0.25) is 0 Å². The van der Waals surface area contributed by atoms with Crippen molar-refractivity contribution >= 4 is 22.6 Å². The topological polar surface area (TPSA) is 34.1 Å². The molecule has 0 aliphatic carbocycles. The Bertz CT molecular complexity index is 850. The zero-order valence-electron chi connectivity index (χ0n) is 17.5. The quantitative estimate of drug-likeness (QED) is 0.457. The lowest BCUT2D eigenvalue weighted by Crippen LogP contribution is -2.32. The number of hydrogen-bond donors (Lipinski definition) is 0. The molecule has 150 valence electrons. The molecule has 1 heterocycles. The van der Waals surface area contributed by atoms with Crippen molar-refractivity contribution in [2.24, 2.45) is 4.99 Å². The summed E-state index contributed by atoms with van der Waals surface area (Å²) in [5.41, 5.74) is 5.11. The molecule has 0 spiro atoms. The van der Waals surface area contributed by atoms with Gasteiger partial charge in [-0.25, -0.2) is 4.99 Å². The highest BCUT2D eigenvalue weighted by atomic mass is 32.2. The van der Waals surface area contributed by atoms with Crippen LogP contribution in [0, 0.1) is 6.92 Å². The minimum absolute atomic E-state index is 0.285. The van der Waals surface area contributed by atoms with Gasteiger partial charge < -0.3 is 14.4 Å². The average Bonchev–Trinajstić information content (AvgIpc) is 3.17. The standard InChI is InChI=1S/C23H30N2O2S/c1-6-18-12-16(3)8-10-20(18)17(4)14-25(7-2)23(28-5)24-19-9-11-21-22(13-19)27-15-26-21/h8-13,17H,6-7,14-15H2,1-5H3. The molecule has 0 aromatic heterocycles. The zero-order chi connectivity index (χ0) is 20.1. The fraction of sp³-hybridized carbons (Fsp3) is 0.435. The Labute approximate surface area is 173 Å². The van der Waals surface area contributed by atoms with Crippen LogP contribution in [-0.2, 0) is 6.42 Å². The van der Waals surface area contributed by atoms with E-state index in [1.807, 2.05) is 18.2 Å². The number of rotatable bonds is 6. The number of aliphatic imine (C=N–C) groups is 1. The monoisotopic (exact) mass is 398 g/mol. The summed E-state index contributed by atoms with van der Waals surface area (Å²) in [6.07, 6.45) is 3.15. The van der Waals surface area contributed by atoms with Crippen molar-refractivity contribution in [3.63, 3.8) is 0 Å². The van der Waals surface area contributed by atoms with Crippen molar-refractivity contribution in [1.29, 1.82) is 0 Å². The van der Waals surface area contributed by atoms with Crippen molar-refractivity contribution in [3.05, 3.63) is 53.1 Å². The second-order valence-electron chi connectivity index (χ2n) is 7.13. The van der Waals surface area contributed by atoms with E-state index < -0.39 is 0 Å². The maximum absolute atomic E-state index is 5.49. The number of aryl methyl sites for hydroxylation is 2. The minimum Gasteiger partial charge on any atom is -0.454 e. The summed E-state index contributed by atoms with van der Waals surface area (Å²) in [6.45, 7) is 11.0. The number of likely N-dealkylation sites (N-methyl/N-ethyl adjacent to an activating group) is 1. The molecule has 5 heteroatoms. The van der Waals surface area contributed by atoms with Crippen LogP contribution in [0.15, 0.2) is 41.4 Å². The molecule has 0 amide bonds. The number of benzene rings is 2. The van der Waals surface area contributed by atoms with Gasteiger partial charge in [0, 0.05) is 19.2 Å². The number of nitrogens with zero attached hydrogens (tertiary/aromatic N) is 2. The molecule has 0 saturated carbocycles. The van der Waals surface area contributed by atoms with Crippen LogP contribution in [0.1, 0.15) is 43.4 Å². The molecule has 1 aliphatic heterocycles. The maximum atomic E-state index is 5.49. The van der Waals surface area contributed by atoms with E-state index >= 15 is 0 Å². The first kappa shape index (κ1) is 20.6. The average molecular weight is 399 g/mol. The number of ether oxygens (including phenoxy) is 2. The van der Waals surface area contributed by atoms with E-state index in [0.29, 0.717) is 5.92 Å². The summed E-state index contributed by atoms with van der Waals surface area (Å²) < 4.78 is 10.9. The number of fused-ring (bicyclic) bond motifs is 1. The molecule has 2 aromatic rings. The Kier molecular flexibility index (Phi) is 6.89. The van der Waals surface area contributed by atoms with Gasteiger partial charge in [-0.05, 0) is 55.7 Å². The third kappa shape index (κ3) is 4.64. The van der Waals surface area contributed by atoms with E-state index in [9.17, 15) is 0 Å². The first-order valence-corrected chi connectivity index (χ1v) is 11.1. The molecule has 0 N–H and O–H groups in total. The second-order valence-corrected chi connectivity index (χ2v) is 7.90. The van der Waals surface area contributed by atoms with Crippen LogP contribution >= 0.6 is 11.8 Å². The fourth-order valence-corrected chi connectivity index (χ4v) is 4.26. The summed E-state index contributed by atoms with van der Waals surface area (Å²) in [6, 6.07) is 12.7. The van der Waals surface area contributed by atoms with Crippen LogP contribution in [0.4, 0.5) is 5.69 Å². The van der Waals surface area contributed by atoms with Crippen LogP contribution in [0.3, 0.4) is 0 Å². The number of amidine groups is 1. The van der Waals surface area contributed by atoms with Crippen LogP contribution in [-0.4, -0.2) is 36.2 Å². The van der Waals surface area contributed by atoms with Gasteiger partial charge in [-0.2, -0.15) is 0 Å². The largest absolute Gasteiger partial charge is 0.454 e. The SMILES string of the molecule is CCc1cc(C)ccc1C(C)CN(CC)C(=Nc1ccc2c(c1)OCO2)SC. The van der Waals surface area contributed by atoms with E-state index in [1.165, 1.54) is 16.7 Å². The molecule has 0 radical (unpaired) electrons. The van der Waals surface area contributed by atoms with Gasteiger partial charge in [-0.1, -0.05) is 49.4 Å². The first-order chi connectivity index (χ1) is 13.5. The van der Waals surface area contributed by atoms with Gasteiger partial charge in [0.1, 0.15) is 0 Å². The molecule has 0 saturated heterocycles. The van der Waals surface area contributed by atoms with Crippen LogP contribution < -0.4 is 9.47 Å². The van der Waals surface area contributed by atoms with Crippen molar-refractivity contribution in [1.82, 2.24) is 4.90 Å². The van der Waals surface area contributed by atoms with E-state index in [4.69, 9.17) is 14.5 Å². The lowest BCUT2D eigenvalue weighted by molar-refractivity contribution is 0.174. The third-order valence-corrected chi connectivity index (χ3v) is 5.83. The Balaban J connectivity index is 1.80. The lowest BCUT2D eigenvalue weighted by atomic mass is 9.92. The van der Waals surface area contributed by atoms with Gasteiger partial charge in [0.05, 0.1) is 5.69 Å². The van der Waals surface area contributed by atoms with Gasteiger partial charge in [-0.15, -0.1) is 0 Å². The normalized spacial score (nSPS) is 14.2. The third-order valence-electron chi connectivity index (χ3n) is 5.12. The van der Waals surface area contributed by atoms with Gasteiger partial charge in [-0.3, -0.25) is 0 Å². The highest BCUT2D eigenvalue weighted by molar-refractivity contribution is 8.13. The van der Waals surface area contributed by atoms with Gasteiger partial charge in [0.15, 0.2) is 16.7 Å². The summed E-state index contributed by atoms with van der Waals surface area (Å²) in [7, 11) is 0. The molecule has 28 heavy (non-hydrogen) atoms. The van der Waals surface area contributed by atoms with Crippen LogP contribution in [0.5, 0.6) is 11.5 Å². The van der Waals surface area contributed by atoms with E-state index in [-0.39, 0.29) is 6.79 Å².